The fourth-order valence-electron chi connectivity index (χ4n) is 2.15. The van der Waals surface area contributed by atoms with Crippen LogP contribution >= 0.6 is 27.3 Å². The number of hydrogen-bond donors (Lipinski definition) is 1. The van der Waals surface area contributed by atoms with Crippen molar-refractivity contribution in [3.63, 3.8) is 0 Å². The maximum absolute atomic E-state index is 3.59. The average molecular weight is 324 g/mol. The molecule has 1 aromatic carbocycles. The summed E-state index contributed by atoms with van der Waals surface area (Å²) < 4.78 is 1.16. The van der Waals surface area contributed by atoms with Crippen molar-refractivity contribution in [2.45, 2.75) is 26.3 Å². The normalized spacial score (nSPS) is 12.6. The summed E-state index contributed by atoms with van der Waals surface area (Å²) in [5.41, 5.74) is 2.66. The van der Waals surface area contributed by atoms with E-state index in [1.165, 1.54) is 16.0 Å². The highest BCUT2D eigenvalue weighted by atomic mass is 79.9. The number of rotatable bonds is 5. The van der Waals surface area contributed by atoms with Crippen LogP contribution in [0.15, 0.2) is 40.2 Å². The number of thiophene rings is 1. The van der Waals surface area contributed by atoms with Crippen molar-refractivity contribution in [2.24, 2.45) is 0 Å². The summed E-state index contributed by atoms with van der Waals surface area (Å²) in [6.07, 6.45) is 1.06. The van der Waals surface area contributed by atoms with Gasteiger partial charge in [0.05, 0.1) is 0 Å². The second kappa shape index (κ2) is 6.50. The minimum absolute atomic E-state index is 0.393. The molecule has 0 fully saturated rings. The Bertz CT molecular complexity index is 473. The zero-order valence-electron chi connectivity index (χ0n) is 10.7. The topological polar surface area (TPSA) is 12.0 Å². The van der Waals surface area contributed by atoms with Gasteiger partial charge in [0.25, 0.3) is 0 Å². The SMILES string of the molecule is CCNC(Cc1cccs1)c1cc(C)cc(Br)c1. The molecule has 0 saturated heterocycles. The van der Waals surface area contributed by atoms with Crippen molar-refractivity contribution in [2.75, 3.05) is 6.54 Å². The number of benzene rings is 1. The Morgan fingerprint density at radius 3 is 2.78 bits per heavy atom. The summed E-state index contributed by atoms with van der Waals surface area (Å²) in [6.45, 7) is 5.29. The van der Waals surface area contributed by atoms with E-state index >= 15 is 0 Å². The van der Waals surface area contributed by atoms with Gasteiger partial charge in [0, 0.05) is 21.8 Å². The van der Waals surface area contributed by atoms with Crippen molar-refractivity contribution in [3.8, 4) is 0 Å². The molecule has 18 heavy (non-hydrogen) atoms. The molecular formula is C15H18BrNS. The summed E-state index contributed by atoms with van der Waals surface area (Å²) in [6, 6.07) is 11.4. The van der Waals surface area contributed by atoms with Crippen LogP contribution < -0.4 is 5.32 Å². The lowest BCUT2D eigenvalue weighted by molar-refractivity contribution is 0.553. The Labute approximate surface area is 121 Å². The highest BCUT2D eigenvalue weighted by Gasteiger charge is 2.12. The summed E-state index contributed by atoms with van der Waals surface area (Å²) in [5.74, 6) is 0. The minimum Gasteiger partial charge on any atom is -0.310 e. The van der Waals surface area contributed by atoms with Gasteiger partial charge in [-0.25, -0.2) is 0 Å². The van der Waals surface area contributed by atoms with Crippen LogP contribution in [0.4, 0.5) is 0 Å². The van der Waals surface area contributed by atoms with Gasteiger partial charge >= 0.3 is 0 Å². The molecule has 0 bridgehead atoms. The van der Waals surface area contributed by atoms with E-state index in [-0.39, 0.29) is 0 Å². The van der Waals surface area contributed by atoms with Crippen LogP contribution in [0, 0.1) is 6.92 Å². The van der Waals surface area contributed by atoms with E-state index in [1.54, 1.807) is 0 Å². The molecule has 1 nitrogen and oxygen atoms in total. The summed E-state index contributed by atoms with van der Waals surface area (Å²) in [7, 11) is 0. The second-order valence-electron chi connectivity index (χ2n) is 4.46. The monoisotopic (exact) mass is 323 g/mol. The van der Waals surface area contributed by atoms with Gasteiger partial charge in [0.2, 0.25) is 0 Å². The quantitative estimate of drug-likeness (QED) is 0.840. The lowest BCUT2D eigenvalue weighted by Gasteiger charge is -2.18. The molecular weight excluding hydrogens is 306 g/mol. The number of likely N-dealkylation sites (N-methyl/N-ethyl adjacent to an activating group) is 1. The van der Waals surface area contributed by atoms with Crippen LogP contribution in [0.5, 0.6) is 0 Å². The van der Waals surface area contributed by atoms with Crippen LogP contribution in [0.3, 0.4) is 0 Å². The highest BCUT2D eigenvalue weighted by molar-refractivity contribution is 9.10. The third kappa shape index (κ3) is 3.67. The zero-order chi connectivity index (χ0) is 13.0. The molecule has 0 saturated carbocycles. The standard InChI is InChI=1S/C15H18BrNS/c1-3-17-15(10-14-5-4-6-18-14)12-7-11(2)8-13(16)9-12/h4-9,15,17H,3,10H2,1-2H3. The smallest absolute Gasteiger partial charge is 0.0369 e. The fraction of sp³-hybridized carbons (Fsp3) is 0.333. The van der Waals surface area contributed by atoms with Gasteiger partial charge in [0.15, 0.2) is 0 Å². The fourth-order valence-corrected chi connectivity index (χ4v) is 3.53. The number of nitrogens with one attached hydrogen (secondary N) is 1. The summed E-state index contributed by atoms with van der Waals surface area (Å²) in [4.78, 5) is 1.43. The van der Waals surface area contributed by atoms with Gasteiger partial charge in [0.1, 0.15) is 0 Å². The van der Waals surface area contributed by atoms with Crippen molar-refractivity contribution in [1.82, 2.24) is 5.32 Å². The van der Waals surface area contributed by atoms with E-state index in [0.717, 1.165) is 17.4 Å². The Balaban J connectivity index is 2.23. The molecule has 2 rings (SSSR count). The van der Waals surface area contributed by atoms with E-state index < -0.39 is 0 Å². The van der Waals surface area contributed by atoms with E-state index in [1.807, 2.05) is 11.3 Å². The number of halogens is 1. The van der Waals surface area contributed by atoms with Crippen molar-refractivity contribution < 1.29 is 0 Å². The van der Waals surface area contributed by atoms with Crippen LogP contribution in [-0.2, 0) is 6.42 Å². The molecule has 1 N–H and O–H groups in total. The first kappa shape index (κ1) is 13.8. The number of hydrogen-bond acceptors (Lipinski definition) is 2. The van der Waals surface area contributed by atoms with E-state index in [4.69, 9.17) is 0 Å². The van der Waals surface area contributed by atoms with E-state index in [9.17, 15) is 0 Å². The molecule has 1 atom stereocenters. The molecule has 0 aliphatic heterocycles. The van der Waals surface area contributed by atoms with Gasteiger partial charge in [-0.05, 0) is 48.2 Å². The molecule has 0 aliphatic rings. The molecule has 0 radical (unpaired) electrons. The van der Waals surface area contributed by atoms with Crippen LogP contribution in [0.25, 0.3) is 0 Å². The highest BCUT2D eigenvalue weighted by Crippen LogP contribution is 2.25. The maximum Gasteiger partial charge on any atom is 0.0369 e. The first-order valence-corrected chi connectivity index (χ1v) is 7.89. The molecule has 0 spiro atoms. The molecule has 0 amide bonds. The van der Waals surface area contributed by atoms with Gasteiger partial charge in [-0.3, -0.25) is 0 Å². The third-order valence-corrected chi connectivity index (χ3v) is 4.26. The predicted octanol–water partition coefficient (Wildman–Crippen LogP) is 4.71. The summed E-state index contributed by atoms with van der Waals surface area (Å²) >= 11 is 5.41. The molecule has 0 aliphatic carbocycles. The zero-order valence-corrected chi connectivity index (χ0v) is 13.1. The molecule has 2 aromatic rings. The first-order valence-electron chi connectivity index (χ1n) is 6.22. The molecule has 96 valence electrons. The molecule has 1 unspecified atom stereocenters. The Kier molecular flexibility index (Phi) is 4.98. The van der Waals surface area contributed by atoms with Crippen LogP contribution in [0.2, 0.25) is 0 Å². The molecule has 1 aromatic heterocycles. The number of aryl methyl sites for hydroxylation is 1. The maximum atomic E-state index is 3.59. The minimum atomic E-state index is 0.393. The van der Waals surface area contributed by atoms with E-state index in [0.29, 0.717) is 6.04 Å². The van der Waals surface area contributed by atoms with Gasteiger partial charge < -0.3 is 5.32 Å². The average Bonchev–Trinajstić information content (AvgIpc) is 2.80. The first-order chi connectivity index (χ1) is 8.69. The Morgan fingerprint density at radius 1 is 1.33 bits per heavy atom. The predicted molar refractivity (Wildman–Crippen MR) is 83.3 cm³/mol. The lowest BCUT2D eigenvalue weighted by Crippen LogP contribution is -2.22. The molecule has 3 heteroatoms. The van der Waals surface area contributed by atoms with Gasteiger partial charge in [-0.2, -0.15) is 0 Å². The second-order valence-corrected chi connectivity index (χ2v) is 6.40. The largest absolute Gasteiger partial charge is 0.310 e. The summed E-state index contributed by atoms with van der Waals surface area (Å²) in [5, 5.41) is 5.72. The lowest BCUT2D eigenvalue weighted by atomic mass is 10.0. The van der Waals surface area contributed by atoms with Crippen molar-refractivity contribution >= 4 is 27.3 Å². The van der Waals surface area contributed by atoms with E-state index in [2.05, 4.69) is 70.8 Å². The van der Waals surface area contributed by atoms with Crippen molar-refractivity contribution in [3.05, 3.63) is 56.2 Å². The third-order valence-electron chi connectivity index (χ3n) is 2.90. The molecule has 1 heterocycles. The van der Waals surface area contributed by atoms with Crippen LogP contribution in [0.1, 0.15) is 29.0 Å². The van der Waals surface area contributed by atoms with Crippen LogP contribution in [-0.4, -0.2) is 6.54 Å². The van der Waals surface area contributed by atoms with Crippen molar-refractivity contribution in [1.29, 1.82) is 0 Å². The Hall–Kier alpha value is -0.640. The van der Waals surface area contributed by atoms with Gasteiger partial charge in [-0.1, -0.05) is 35.0 Å². The Morgan fingerprint density at radius 2 is 2.17 bits per heavy atom. The van der Waals surface area contributed by atoms with Gasteiger partial charge in [-0.15, -0.1) is 11.3 Å².